The number of aliphatic hydroxyl groups is 1. The summed E-state index contributed by atoms with van der Waals surface area (Å²) >= 11 is 0. The average Bonchev–Trinajstić information content (AvgIpc) is 2.12. The lowest BCUT2D eigenvalue weighted by Crippen LogP contribution is -2.31. The van der Waals surface area contributed by atoms with Gasteiger partial charge in [-0.05, 0) is 25.7 Å². The van der Waals surface area contributed by atoms with Gasteiger partial charge >= 0.3 is 6.18 Å². The summed E-state index contributed by atoms with van der Waals surface area (Å²) in [6, 6.07) is 0.0707. The Morgan fingerprint density at radius 3 is 2.33 bits per heavy atom. The molecule has 2 atom stereocenters. The molecule has 0 radical (unpaired) electrons. The van der Waals surface area contributed by atoms with E-state index in [0.29, 0.717) is 13.0 Å². The van der Waals surface area contributed by atoms with Crippen molar-refractivity contribution in [2.45, 2.75) is 45.3 Å². The van der Waals surface area contributed by atoms with Crippen molar-refractivity contribution in [1.82, 2.24) is 5.32 Å². The molecule has 15 heavy (non-hydrogen) atoms. The summed E-state index contributed by atoms with van der Waals surface area (Å²) in [6.07, 6.45) is -4.09. The van der Waals surface area contributed by atoms with E-state index in [9.17, 15) is 13.2 Å². The smallest absolute Gasteiger partial charge is 0.389 e. The third-order valence-corrected chi connectivity index (χ3v) is 2.22. The summed E-state index contributed by atoms with van der Waals surface area (Å²) in [5.74, 6) is 0.148. The number of alkyl halides is 3. The van der Waals surface area contributed by atoms with Crippen LogP contribution in [0.5, 0.6) is 0 Å². The highest BCUT2D eigenvalue weighted by Gasteiger charge is 2.26. The highest BCUT2D eigenvalue weighted by atomic mass is 19.4. The van der Waals surface area contributed by atoms with Gasteiger partial charge in [0.15, 0.2) is 0 Å². The van der Waals surface area contributed by atoms with E-state index < -0.39 is 12.6 Å². The zero-order chi connectivity index (χ0) is 11.9. The van der Waals surface area contributed by atoms with Gasteiger partial charge in [0.05, 0.1) is 0 Å². The van der Waals surface area contributed by atoms with Gasteiger partial charge in [-0.25, -0.2) is 0 Å². The largest absolute Gasteiger partial charge is 0.396 e. The van der Waals surface area contributed by atoms with E-state index in [1.165, 1.54) is 0 Å². The first-order chi connectivity index (χ1) is 6.85. The summed E-state index contributed by atoms with van der Waals surface area (Å²) in [7, 11) is 0. The number of hydrogen-bond donors (Lipinski definition) is 2. The number of halogens is 3. The van der Waals surface area contributed by atoms with Crippen LogP contribution in [-0.2, 0) is 0 Å². The topological polar surface area (TPSA) is 32.3 Å². The van der Waals surface area contributed by atoms with Crippen LogP contribution in [0.2, 0.25) is 0 Å². The van der Waals surface area contributed by atoms with Crippen LogP contribution in [0, 0.1) is 5.92 Å². The van der Waals surface area contributed by atoms with E-state index in [1.807, 2.05) is 13.8 Å². The van der Waals surface area contributed by atoms with Crippen LogP contribution in [0.3, 0.4) is 0 Å². The quantitative estimate of drug-likeness (QED) is 0.699. The summed E-state index contributed by atoms with van der Waals surface area (Å²) in [4.78, 5) is 0. The second-order valence-electron chi connectivity index (χ2n) is 4.10. The van der Waals surface area contributed by atoms with Gasteiger partial charge in [0.25, 0.3) is 0 Å². The van der Waals surface area contributed by atoms with Crippen molar-refractivity contribution >= 4 is 0 Å². The Morgan fingerprint density at radius 1 is 1.27 bits per heavy atom. The number of nitrogens with one attached hydrogen (secondary N) is 1. The van der Waals surface area contributed by atoms with E-state index in [0.717, 1.165) is 0 Å². The molecule has 92 valence electrons. The molecule has 2 unspecified atom stereocenters. The van der Waals surface area contributed by atoms with Crippen molar-refractivity contribution in [3.8, 4) is 0 Å². The van der Waals surface area contributed by atoms with Crippen LogP contribution in [0.1, 0.15) is 33.1 Å². The van der Waals surface area contributed by atoms with Gasteiger partial charge < -0.3 is 10.4 Å². The molecule has 2 nitrogen and oxygen atoms in total. The minimum atomic E-state index is -4.04. The standard InChI is InChI=1S/C10H20F3NO/c1-8(7-15)6-14-9(2)4-3-5-10(11,12)13/h8-9,14-15H,3-7H2,1-2H3. The summed E-state index contributed by atoms with van der Waals surface area (Å²) in [5.41, 5.74) is 0. The third-order valence-electron chi connectivity index (χ3n) is 2.22. The van der Waals surface area contributed by atoms with Gasteiger partial charge in [-0.15, -0.1) is 0 Å². The van der Waals surface area contributed by atoms with E-state index in [1.54, 1.807) is 0 Å². The SMILES string of the molecule is CC(CO)CNC(C)CCCC(F)(F)F. The summed E-state index contributed by atoms with van der Waals surface area (Å²) < 4.78 is 35.5. The second kappa shape index (κ2) is 7.06. The fourth-order valence-electron chi connectivity index (χ4n) is 1.18. The number of hydrogen-bond acceptors (Lipinski definition) is 2. The number of rotatable bonds is 7. The monoisotopic (exact) mass is 227 g/mol. The summed E-state index contributed by atoms with van der Waals surface area (Å²) in [6.45, 7) is 4.49. The van der Waals surface area contributed by atoms with Gasteiger partial charge in [-0.2, -0.15) is 13.2 Å². The van der Waals surface area contributed by atoms with Gasteiger partial charge in [0, 0.05) is 25.6 Å². The average molecular weight is 227 g/mol. The lowest BCUT2D eigenvalue weighted by Gasteiger charge is -2.16. The van der Waals surface area contributed by atoms with Gasteiger partial charge in [0.2, 0.25) is 0 Å². The predicted octanol–water partition coefficient (Wildman–Crippen LogP) is 2.33. The van der Waals surface area contributed by atoms with Crippen LogP contribution < -0.4 is 5.32 Å². The van der Waals surface area contributed by atoms with Crippen LogP contribution in [-0.4, -0.2) is 30.5 Å². The lowest BCUT2D eigenvalue weighted by atomic mass is 10.1. The maximum absolute atomic E-state index is 11.8. The molecule has 0 heterocycles. The Labute approximate surface area is 88.9 Å². The first-order valence-corrected chi connectivity index (χ1v) is 5.26. The Hall–Kier alpha value is -0.290. The molecule has 0 rings (SSSR count). The van der Waals surface area contributed by atoms with Gasteiger partial charge in [-0.1, -0.05) is 6.92 Å². The fraction of sp³-hybridized carbons (Fsp3) is 1.00. The molecule has 0 aromatic rings. The fourth-order valence-corrected chi connectivity index (χ4v) is 1.18. The molecule has 0 bridgehead atoms. The van der Waals surface area contributed by atoms with Crippen molar-refractivity contribution in [2.24, 2.45) is 5.92 Å². The molecular formula is C10H20F3NO. The molecule has 5 heteroatoms. The minimum absolute atomic E-state index is 0.0707. The van der Waals surface area contributed by atoms with Crippen LogP contribution >= 0.6 is 0 Å². The molecule has 0 aliphatic heterocycles. The predicted molar refractivity (Wildman–Crippen MR) is 53.6 cm³/mol. The minimum Gasteiger partial charge on any atom is -0.396 e. The lowest BCUT2D eigenvalue weighted by molar-refractivity contribution is -0.135. The number of aliphatic hydroxyl groups excluding tert-OH is 1. The summed E-state index contributed by atoms with van der Waals surface area (Å²) in [5, 5.41) is 11.8. The normalized spacial score (nSPS) is 16.4. The first kappa shape index (κ1) is 14.7. The van der Waals surface area contributed by atoms with Gasteiger partial charge in [0.1, 0.15) is 0 Å². The van der Waals surface area contributed by atoms with Gasteiger partial charge in [-0.3, -0.25) is 0 Å². The maximum atomic E-state index is 11.8. The molecule has 0 spiro atoms. The molecule has 0 saturated heterocycles. The van der Waals surface area contributed by atoms with Crippen LogP contribution in [0.4, 0.5) is 13.2 Å². The Balaban J connectivity index is 3.45. The van der Waals surface area contributed by atoms with E-state index in [-0.39, 0.29) is 25.0 Å². The third kappa shape index (κ3) is 10.0. The molecule has 2 N–H and O–H groups in total. The van der Waals surface area contributed by atoms with Crippen LogP contribution in [0.15, 0.2) is 0 Å². The zero-order valence-corrected chi connectivity index (χ0v) is 9.27. The maximum Gasteiger partial charge on any atom is 0.389 e. The van der Waals surface area contributed by atoms with Crippen molar-refractivity contribution in [3.05, 3.63) is 0 Å². The molecule has 0 aromatic heterocycles. The van der Waals surface area contributed by atoms with Crippen molar-refractivity contribution in [2.75, 3.05) is 13.2 Å². The Kier molecular flexibility index (Phi) is 6.92. The first-order valence-electron chi connectivity index (χ1n) is 5.26. The highest BCUT2D eigenvalue weighted by molar-refractivity contribution is 4.64. The van der Waals surface area contributed by atoms with Crippen molar-refractivity contribution in [3.63, 3.8) is 0 Å². The molecule has 0 aliphatic carbocycles. The second-order valence-corrected chi connectivity index (χ2v) is 4.10. The molecule has 0 aliphatic rings. The van der Waals surface area contributed by atoms with Crippen molar-refractivity contribution in [1.29, 1.82) is 0 Å². The van der Waals surface area contributed by atoms with Crippen molar-refractivity contribution < 1.29 is 18.3 Å². The zero-order valence-electron chi connectivity index (χ0n) is 9.27. The van der Waals surface area contributed by atoms with E-state index in [4.69, 9.17) is 5.11 Å². The Bertz CT molecular complexity index is 161. The molecule has 0 saturated carbocycles. The molecule has 0 aromatic carbocycles. The molecular weight excluding hydrogens is 207 g/mol. The van der Waals surface area contributed by atoms with E-state index in [2.05, 4.69) is 5.32 Å². The highest BCUT2D eigenvalue weighted by Crippen LogP contribution is 2.22. The molecule has 0 fully saturated rings. The van der Waals surface area contributed by atoms with E-state index >= 15 is 0 Å². The Morgan fingerprint density at radius 2 is 1.87 bits per heavy atom. The van der Waals surface area contributed by atoms with Crippen LogP contribution in [0.25, 0.3) is 0 Å². The molecule has 0 amide bonds.